The minimum Gasteiger partial charge on any atom is -0.340 e. The van der Waals surface area contributed by atoms with Gasteiger partial charge in [0.1, 0.15) is 0 Å². The molecule has 0 spiro atoms. The number of amides is 1. The van der Waals surface area contributed by atoms with Crippen LogP contribution >= 0.6 is 0 Å². The molecular formula is C10H20N2O. The van der Waals surface area contributed by atoms with Gasteiger partial charge in [-0.2, -0.15) is 0 Å². The second-order valence-corrected chi connectivity index (χ2v) is 3.59. The number of piperazine rings is 1. The summed E-state index contributed by atoms with van der Waals surface area (Å²) in [5.74, 6) is 0.601. The van der Waals surface area contributed by atoms with E-state index >= 15 is 0 Å². The topological polar surface area (TPSA) is 32.3 Å². The fraction of sp³-hybridized carbons (Fsp3) is 0.900. The Morgan fingerprint density at radius 1 is 1.31 bits per heavy atom. The number of nitrogens with one attached hydrogen (secondary N) is 1. The van der Waals surface area contributed by atoms with Crippen LogP contribution in [-0.4, -0.2) is 37.0 Å². The summed E-state index contributed by atoms with van der Waals surface area (Å²) in [6, 6.07) is 0. The molecule has 0 unspecified atom stereocenters. The maximum Gasteiger partial charge on any atom is 0.225 e. The fourth-order valence-corrected chi connectivity index (χ4v) is 1.78. The minimum atomic E-state index is 0.248. The molecule has 0 aromatic rings. The third kappa shape index (κ3) is 2.69. The lowest BCUT2D eigenvalue weighted by molar-refractivity contribution is -0.136. The summed E-state index contributed by atoms with van der Waals surface area (Å²) in [7, 11) is 0. The standard InChI is InChI=1S/C10H20N2O/c1-3-9(4-2)10(13)12-7-5-11-6-8-12/h9,11H,3-8H2,1-2H3. The van der Waals surface area contributed by atoms with Crippen molar-refractivity contribution in [1.29, 1.82) is 0 Å². The van der Waals surface area contributed by atoms with Gasteiger partial charge in [-0.05, 0) is 12.8 Å². The number of carbonyl (C=O) groups is 1. The highest BCUT2D eigenvalue weighted by molar-refractivity contribution is 5.78. The van der Waals surface area contributed by atoms with E-state index in [9.17, 15) is 4.79 Å². The van der Waals surface area contributed by atoms with Gasteiger partial charge < -0.3 is 10.2 Å². The van der Waals surface area contributed by atoms with Crippen LogP contribution in [0.2, 0.25) is 0 Å². The lowest BCUT2D eigenvalue weighted by atomic mass is 10.0. The Kier molecular flexibility index (Phi) is 4.22. The van der Waals surface area contributed by atoms with Gasteiger partial charge in [-0.15, -0.1) is 0 Å². The van der Waals surface area contributed by atoms with Gasteiger partial charge in [0.15, 0.2) is 0 Å². The molecule has 3 nitrogen and oxygen atoms in total. The Bertz CT molecular complexity index is 160. The summed E-state index contributed by atoms with van der Waals surface area (Å²) in [5.41, 5.74) is 0. The van der Waals surface area contributed by atoms with Gasteiger partial charge in [0.2, 0.25) is 5.91 Å². The van der Waals surface area contributed by atoms with E-state index < -0.39 is 0 Å². The van der Waals surface area contributed by atoms with Crippen molar-refractivity contribution in [2.75, 3.05) is 26.2 Å². The molecule has 0 aliphatic carbocycles. The average molecular weight is 184 g/mol. The van der Waals surface area contributed by atoms with E-state index in [4.69, 9.17) is 0 Å². The first-order valence-electron chi connectivity index (χ1n) is 5.29. The molecule has 1 heterocycles. The SMILES string of the molecule is CCC(CC)C(=O)N1CCNCC1. The molecule has 0 aromatic carbocycles. The first-order valence-corrected chi connectivity index (χ1v) is 5.29. The molecule has 1 rings (SSSR count). The minimum absolute atomic E-state index is 0.248. The summed E-state index contributed by atoms with van der Waals surface area (Å²) in [5, 5.41) is 3.25. The number of nitrogens with zero attached hydrogens (tertiary/aromatic N) is 1. The molecule has 13 heavy (non-hydrogen) atoms. The summed E-state index contributed by atoms with van der Waals surface area (Å²) in [6.45, 7) is 7.85. The lowest BCUT2D eigenvalue weighted by Gasteiger charge is -2.30. The zero-order chi connectivity index (χ0) is 9.68. The van der Waals surface area contributed by atoms with Crippen LogP contribution in [0.15, 0.2) is 0 Å². The number of carbonyl (C=O) groups excluding carboxylic acids is 1. The molecule has 1 aliphatic heterocycles. The van der Waals surface area contributed by atoms with Crippen LogP contribution in [0.4, 0.5) is 0 Å². The van der Waals surface area contributed by atoms with E-state index in [0.29, 0.717) is 5.91 Å². The van der Waals surface area contributed by atoms with Gasteiger partial charge in [-0.25, -0.2) is 0 Å². The van der Waals surface area contributed by atoms with Crippen LogP contribution in [-0.2, 0) is 4.79 Å². The molecule has 1 aliphatic rings. The number of hydrogen-bond acceptors (Lipinski definition) is 2. The zero-order valence-electron chi connectivity index (χ0n) is 8.68. The summed E-state index contributed by atoms with van der Waals surface area (Å²) < 4.78 is 0. The first kappa shape index (κ1) is 10.5. The van der Waals surface area contributed by atoms with Gasteiger partial charge in [0, 0.05) is 32.1 Å². The predicted octanol–water partition coefficient (Wildman–Crippen LogP) is 0.854. The van der Waals surface area contributed by atoms with Crippen LogP contribution < -0.4 is 5.32 Å². The molecule has 1 amide bonds. The predicted molar refractivity (Wildman–Crippen MR) is 53.5 cm³/mol. The van der Waals surface area contributed by atoms with Crippen LogP contribution in [0.25, 0.3) is 0 Å². The highest BCUT2D eigenvalue weighted by atomic mass is 16.2. The third-order valence-electron chi connectivity index (χ3n) is 2.76. The van der Waals surface area contributed by atoms with Gasteiger partial charge in [0.25, 0.3) is 0 Å². The maximum absolute atomic E-state index is 11.9. The fourth-order valence-electron chi connectivity index (χ4n) is 1.78. The van der Waals surface area contributed by atoms with E-state index in [1.54, 1.807) is 0 Å². The van der Waals surface area contributed by atoms with Crippen LogP contribution in [0, 0.1) is 5.92 Å². The summed E-state index contributed by atoms with van der Waals surface area (Å²) in [4.78, 5) is 13.9. The summed E-state index contributed by atoms with van der Waals surface area (Å²) >= 11 is 0. The molecule has 0 saturated carbocycles. The Balaban J connectivity index is 2.44. The van der Waals surface area contributed by atoms with Gasteiger partial charge in [-0.1, -0.05) is 13.8 Å². The van der Waals surface area contributed by atoms with E-state index in [-0.39, 0.29) is 5.92 Å². The molecule has 1 N–H and O–H groups in total. The van der Waals surface area contributed by atoms with Crippen molar-refractivity contribution in [2.45, 2.75) is 26.7 Å². The molecular weight excluding hydrogens is 164 g/mol. The quantitative estimate of drug-likeness (QED) is 0.705. The number of hydrogen-bond donors (Lipinski definition) is 1. The molecule has 0 atom stereocenters. The van der Waals surface area contributed by atoms with Crippen molar-refractivity contribution in [3.05, 3.63) is 0 Å². The lowest BCUT2D eigenvalue weighted by Crippen LogP contribution is -2.48. The Labute approximate surface area is 80.5 Å². The maximum atomic E-state index is 11.9. The largest absolute Gasteiger partial charge is 0.340 e. The molecule has 0 aromatic heterocycles. The Morgan fingerprint density at radius 3 is 2.31 bits per heavy atom. The monoisotopic (exact) mass is 184 g/mol. The second kappa shape index (κ2) is 5.22. The van der Waals surface area contributed by atoms with Crippen molar-refractivity contribution in [3.8, 4) is 0 Å². The smallest absolute Gasteiger partial charge is 0.225 e. The number of rotatable bonds is 3. The van der Waals surface area contributed by atoms with Crippen molar-refractivity contribution < 1.29 is 4.79 Å². The first-order chi connectivity index (χ1) is 6.29. The van der Waals surface area contributed by atoms with Gasteiger partial charge in [0.05, 0.1) is 0 Å². The molecule has 3 heteroatoms. The second-order valence-electron chi connectivity index (χ2n) is 3.59. The van der Waals surface area contributed by atoms with Crippen LogP contribution in [0.3, 0.4) is 0 Å². The zero-order valence-corrected chi connectivity index (χ0v) is 8.68. The van der Waals surface area contributed by atoms with E-state index in [1.165, 1.54) is 0 Å². The molecule has 1 saturated heterocycles. The van der Waals surface area contributed by atoms with Crippen molar-refractivity contribution in [1.82, 2.24) is 10.2 Å². The van der Waals surface area contributed by atoms with E-state index in [1.807, 2.05) is 4.90 Å². The summed E-state index contributed by atoms with van der Waals surface area (Å²) in [6.07, 6.45) is 1.94. The molecule has 76 valence electrons. The highest BCUT2D eigenvalue weighted by Crippen LogP contribution is 2.12. The van der Waals surface area contributed by atoms with Crippen molar-refractivity contribution in [3.63, 3.8) is 0 Å². The Morgan fingerprint density at radius 2 is 1.85 bits per heavy atom. The van der Waals surface area contributed by atoms with E-state index in [2.05, 4.69) is 19.2 Å². The van der Waals surface area contributed by atoms with Crippen LogP contribution in [0.5, 0.6) is 0 Å². The molecule has 0 bridgehead atoms. The van der Waals surface area contributed by atoms with Crippen LogP contribution in [0.1, 0.15) is 26.7 Å². The average Bonchev–Trinajstić information content (AvgIpc) is 2.21. The third-order valence-corrected chi connectivity index (χ3v) is 2.76. The van der Waals surface area contributed by atoms with Crippen molar-refractivity contribution in [2.24, 2.45) is 5.92 Å². The Hall–Kier alpha value is -0.570. The normalized spacial score (nSPS) is 17.9. The van der Waals surface area contributed by atoms with Gasteiger partial charge in [-0.3, -0.25) is 4.79 Å². The highest BCUT2D eigenvalue weighted by Gasteiger charge is 2.22. The molecule has 0 radical (unpaired) electrons. The van der Waals surface area contributed by atoms with E-state index in [0.717, 1.165) is 39.0 Å². The molecule has 1 fully saturated rings. The van der Waals surface area contributed by atoms with Crippen molar-refractivity contribution >= 4 is 5.91 Å². The van der Waals surface area contributed by atoms with Gasteiger partial charge >= 0.3 is 0 Å².